The van der Waals surface area contributed by atoms with Crippen molar-refractivity contribution in [1.82, 2.24) is 25.4 Å². The van der Waals surface area contributed by atoms with Crippen molar-refractivity contribution in [2.75, 3.05) is 12.8 Å². The molecule has 124 valence electrons. The van der Waals surface area contributed by atoms with Gasteiger partial charge in [-0.3, -0.25) is 0 Å². The van der Waals surface area contributed by atoms with Crippen molar-refractivity contribution in [3.63, 3.8) is 0 Å². The monoisotopic (exact) mass is 333 g/mol. The topological polar surface area (TPSA) is 71.8 Å². The molecule has 0 fully saturated rings. The van der Waals surface area contributed by atoms with Crippen molar-refractivity contribution in [3.05, 3.63) is 48.0 Å². The first-order valence-electron chi connectivity index (χ1n) is 7.45. The van der Waals surface area contributed by atoms with E-state index in [1.54, 1.807) is 22.8 Å². The highest BCUT2D eigenvalue weighted by atomic mass is 32.2. The second kappa shape index (κ2) is 8.01. The van der Waals surface area contributed by atoms with Crippen LogP contribution in [0.3, 0.4) is 0 Å². The average Bonchev–Trinajstić information content (AvgIpc) is 3.04. The molecule has 0 aliphatic rings. The van der Waals surface area contributed by atoms with Crippen LogP contribution in [0.4, 0.5) is 4.79 Å². The zero-order chi connectivity index (χ0) is 16.7. The lowest BCUT2D eigenvalue weighted by Crippen LogP contribution is -2.41. The summed E-state index contributed by atoms with van der Waals surface area (Å²) >= 11 is 1.73. The van der Waals surface area contributed by atoms with E-state index >= 15 is 0 Å². The number of nitrogens with one attached hydrogen (secondary N) is 2. The minimum Gasteiger partial charge on any atom is -0.337 e. The second-order valence-electron chi connectivity index (χ2n) is 5.91. The molecule has 2 aromatic rings. The van der Waals surface area contributed by atoms with Crippen LogP contribution in [-0.2, 0) is 13.1 Å². The number of aromatic nitrogens is 3. The number of rotatable bonds is 7. The molecule has 23 heavy (non-hydrogen) atoms. The van der Waals surface area contributed by atoms with Gasteiger partial charge in [-0.15, -0.1) is 0 Å². The van der Waals surface area contributed by atoms with Gasteiger partial charge in [0.15, 0.2) is 0 Å². The largest absolute Gasteiger partial charge is 0.337 e. The first-order valence-corrected chi connectivity index (χ1v) is 8.68. The predicted molar refractivity (Wildman–Crippen MR) is 93.4 cm³/mol. The van der Waals surface area contributed by atoms with E-state index < -0.39 is 0 Å². The summed E-state index contributed by atoms with van der Waals surface area (Å²) in [6, 6.07) is 7.93. The van der Waals surface area contributed by atoms with Gasteiger partial charge in [0.1, 0.15) is 12.7 Å². The normalized spacial score (nSPS) is 11.3. The lowest BCUT2D eigenvalue weighted by molar-refractivity contribution is 0.239. The Labute approximate surface area is 141 Å². The maximum Gasteiger partial charge on any atom is 0.315 e. The van der Waals surface area contributed by atoms with Crippen LogP contribution < -0.4 is 10.6 Å². The zero-order valence-electron chi connectivity index (χ0n) is 13.7. The van der Waals surface area contributed by atoms with Crippen LogP contribution in [-0.4, -0.2) is 38.3 Å². The molecule has 0 aliphatic carbocycles. The van der Waals surface area contributed by atoms with Crippen molar-refractivity contribution >= 4 is 17.8 Å². The molecule has 2 N–H and O–H groups in total. The standard InChI is InChI=1S/C16H23N5OS/c1-16(2,23-3)10-19-15(22)18-8-13-5-4-6-14(7-13)9-21-12-17-11-20-21/h4-7,11-12H,8-10H2,1-3H3,(H2,18,19,22). The molecule has 0 saturated carbocycles. The second-order valence-corrected chi connectivity index (χ2v) is 7.43. The third-order valence-corrected chi connectivity index (χ3v) is 4.73. The smallest absolute Gasteiger partial charge is 0.315 e. The molecule has 2 amide bonds. The molecular formula is C16H23N5OS. The Kier molecular flexibility index (Phi) is 6.04. The quantitative estimate of drug-likeness (QED) is 0.815. The minimum atomic E-state index is -0.145. The van der Waals surface area contributed by atoms with E-state index in [-0.39, 0.29) is 10.8 Å². The van der Waals surface area contributed by atoms with Crippen molar-refractivity contribution in [1.29, 1.82) is 0 Å². The average molecular weight is 333 g/mol. The van der Waals surface area contributed by atoms with Crippen molar-refractivity contribution < 1.29 is 4.79 Å². The molecule has 0 spiro atoms. The van der Waals surface area contributed by atoms with E-state index in [2.05, 4.69) is 40.6 Å². The molecule has 1 heterocycles. The first kappa shape index (κ1) is 17.3. The van der Waals surface area contributed by atoms with Crippen LogP contribution >= 0.6 is 11.8 Å². The van der Waals surface area contributed by atoms with Crippen LogP contribution in [0.2, 0.25) is 0 Å². The van der Waals surface area contributed by atoms with E-state index in [9.17, 15) is 4.79 Å². The minimum absolute atomic E-state index is 0.0368. The fourth-order valence-corrected chi connectivity index (χ4v) is 2.17. The molecule has 0 radical (unpaired) electrons. The molecule has 0 unspecified atom stereocenters. The van der Waals surface area contributed by atoms with Gasteiger partial charge in [-0.25, -0.2) is 14.5 Å². The van der Waals surface area contributed by atoms with E-state index in [1.807, 2.05) is 24.5 Å². The van der Waals surface area contributed by atoms with Gasteiger partial charge >= 0.3 is 6.03 Å². The molecule has 2 rings (SSSR count). The number of hydrogen-bond acceptors (Lipinski definition) is 4. The van der Waals surface area contributed by atoms with Gasteiger partial charge < -0.3 is 10.6 Å². The Morgan fingerprint density at radius 3 is 2.78 bits per heavy atom. The van der Waals surface area contributed by atoms with E-state index in [0.29, 0.717) is 19.6 Å². The van der Waals surface area contributed by atoms with Gasteiger partial charge in [0.05, 0.1) is 6.54 Å². The summed E-state index contributed by atoms with van der Waals surface area (Å²) in [5.74, 6) is 0. The highest BCUT2D eigenvalue weighted by molar-refractivity contribution is 7.99. The van der Waals surface area contributed by atoms with Gasteiger partial charge in [0, 0.05) is 17.8 Å². The molecule has 0 atom stereocenters. The van der Waals surface area contributed by atoms with Crippen molar-refractivity contribution in [3.8, 4) is 0 Å². The van der Waals surface area contributed by atoms with Gasteiger partial charge in [0.2, 0.25) is 0 Å². The van der Waals surface area contributed by atoms with Crippen LogP contribution in [0.5, 0.6) is 0 Å². The van der Waals surface area contributed by atoms with Crippen molar-refractivity contribution in [2.24, 2.45) is 0 Å². The van der Waals surface area contributed by atoms with Gasteiger partial charge in [-0.2, -0.15) is 16.9 Å². The van der Waals surface area contributed by atoms with E-state index in [0.717, 1.165) is 11.1 Å². The fourth-order valence-electron chi connectivity index (χ4n) is 1.95. The van der Waals surface area contributed by atoms with Crippen LogP contribution in [0.15, 0.2) is 36.9 Å². The van der Waals surface area contributed by atoms with Crippen LogP contribution in [0.1, 0.15) is 25.0 Å². The van der Waals surface area contributed by atoms with Crippen LogP contribution in [0.25, 0.3) is 0 Å². The highest BCUT2D eigenvalue weighted by Gasteiger charge is 2.16. The fraction of sp³-hybridized carbons (Fsp3) is 0.438. The first-order chi connectivity index (χ1) is 11.0. The molecule has 7 heteroatoms. The number of benzene rings is 1. The Morgan fingerprint density at radius 2 is 2.09 bits per heavy atom. The maximum atomic E-state index is 11.9. The van der Waals surface area contributed by atoms with Gasteiger partial charge in [-0.05, 0) is 31.2 Å². The lowest BCUT2D eigenvalue weighted by atomic mass is 10.1. The SMILES string of the molecule is CSC(C)(C)CNC(=O)NCc1cccc(Cn2cncn2)c1. The van der Waals surface area contributed by atoms with E-state index in [1.165, 1.54) is 6.33 Å². The predicted octanol–water partition coefficient (Wildman–Crippen LogP) is 2.27. The molecule has 1 aromatic heterocycles. The van der Waals surface area contributed by atoms with Gasteiger partial charge in [0.25, 0.3) is 0 Å². The molecular weight excluding hydrogens is 310 g/mol. The lowest BCUT2D eigenvalue weighted by Gasteiger charge is -2.22. The summed E-state index contributed by atoms with van der Waals surface area (Å²) in [5, 5.41) is 9.88. The third-order valence-electron chi connectivity index (χ3n) is 3.48. The molecule has 1 aromatic carbocycles. The highest BCUT2D eigenvalue weighted by Crippen LogP contribution is 2.19. The Bertz CT molecular complexity index is 627. The number of hydrogen-bond donors (Lipinski definition) is 2. The Hall–Kier alpha value is -2.02. The number of carbonyl (C=O) groups excluding carboxylic acids is 1. The molecule has 0 aliphatic heterocycles. The van der Waals surface area contributed by atoms with Crippen LogP contribution in [0, 0.1) is 0 Å². The van der Waals surface area contributed by atoms with E-state index in [4.69, 9.17) is 0 Å². The van der Waals surface area contributed by atoms with Gasteiger partial charge in [-0.1, -0.05) is 24.3 Å². The molecule has 0 saturated heterocycles. The molecule has 0 bridgehead atoms. The summed E-state index contributed by atoms with van der Waals surface area (Å²) in [4.78, 5) is 15.8. The maximum absolute atomic E-state index is 11.9. The zero-order valence-corrected chi connectivity index (χ0v) is 14.6. The third kappa shape index (κ3) is 5.94. The number of nitrogens with zero attached hydrogens (tertiary/aromatic N) is 3. The number of amides is 2. The summed E-state index contributed by atoms with van der Waals surface area (Å²) < 4.78 is 1.80. The number of urea groups is 1. The van der Waals surface area contributed by atoms with Crippen molar-refractivity contribution in [2.45, 2.75) is 31.7 Å². The Balaban J connectivity index is 1.82. The molecule has 6 nitrogen and oxygen atoms in total. The summed E-state index contributed by atoms with van der Waals surface area (Å²) in [6.45, 7) is 6.00. The summed E-state index contributed by atoms with van der Waals surface area (Å²) in [7, 11) is 0. The number of carbonyl (C=O) groups is 1. The Morgan fingerprint density at radius 1 is 1.30 bits per heavy atom. The number of thioether (sulfide) groups is 1. The summed E-state index contributed by atoms with van der Waals surface area (Å²) in [6.07, 6.45) is 5.25. The summed E-state index contributed by atoms with van der Waals surface area (Å²) in [5.41, 5.74) is 2.18.